The van der Waals surface area contributed by atoms with Gasteiger partial charge in [-0.05, 0) is 60.0 Å². The van der Waals surface area contributed by atoms with Gasteiger partial charge in [0.05, 0.1) is 11.2 Å². The third-order valence-electron chi connectivity index (χ3n) is 5.04. The van der Waals surface area contributed by atoms with Crippen molar-refractivity contribution in [2.24, 2.45) is 5.10 Å². The Labute approximate surface area is 219 Å². The highest BCUT2D eigenvalue weighted by molar-refractivity contribution is 7.87. The molecule has 38 heavy (non-hydrogen) atoms. The number of fused-ring (bicyclic) bond motifs is 1. The van der Waals surface area contributed by atoms with E-state index in [0.29, 0.717) is 16.3 Å². The molecule has 0 unspecified atom stereocenters. The van der Waals surface area contributed by atoms with Crippen LogP contribution in [-0.4, -0.2) is 32.0 Å². The fourth-order valence-corrected chi connectivity index (χ4v) is 4.46. The summed E-state index contributed by atoms with van der Waals surface area (Å²) in [4.78, 5) is 11.9. The van der Waals surface area contributed by atoms with Crippen molar-refractivity contribution in [2.45, 2.75) is 11.3 Å². The summed E-state index contributed by atoms with van der Waals surface area (Å²) in [7, 11) is -4.40. The Bertz CT molecular complexity index is 1640. The molecule has 13 heteroatoms. The van der Waals surface area contributed by atoms with E-state index in [-0.39, 0.29) is 27.0 Å². The fourth-order valence-electron chi connectivity index (χ4n) is 3.33. The number of rotatable bonds is 7. The highest BCUT2D eigenvalue weighted by Gasteiger charge is 2.31. The van der Waals surface area contributed by atoms with Crippen molar-refractivity contribution in [1.82, 2.24) is 5.43 Å². The van der Waals surface area contributed by atoms with Crippen LogP contribution < -0.4 is 14.3 Å². The quantitative estimate of drug-likeness (QED) is 0.171. The first kappa shape index (κ1) is 26.8. The summed E-state index contributed by atoms with van der Waals surface area (Å²) in [6, 6.07) is 17.0. The third kappa shape index (κ3) is 6.33. The highest BCUT2D eigenvalue weighted by Crippen LogP contribution is 2.31. The molecule has 8 nitrogen and oxygen atoms in total. The average Bonchev–Trinajstić information content (AvgIpc) is 2.86. The molecule has 4 aromatic rings. The molecule has 0 spiro atoms. The van der Waals surface area contributed by atoms with Crippen LogP contribution in [0.25, 0.3) is 10.8 Å². The Hall–Kier alpha value is -4.29. The molecular formula is C25H16ClF3N2O6S. The molecule has 2 N–H and O–H groups in total. The maximum Gasteiger partial charge on any atom is 0.573 e. The highest BCUT2D eigenvalue weighted by atomic mass is 35.5. The van der Waals surface area contributed by atoms with Crippen LogP contribution in [-0.2, 0) is 10.1 Å². The van der Waals surface area contributed by atoms with Crippen molar-refractivity contribution in [1.29, 1.82) is 0 Å². The van der Waals surface area contributed by atoms with Crippen molar-refractivity contribution in [3.8, 4) is 17.2 Å². The van der Waals surface area contributed by atoms with E-state index in [1.165, 1.54) is 36.5 Å². The second kappa shape index (κ2) is 10.6. The van der Waals surface area contributed by atoms with Crippen molar-refractivity contribution in [2.75, 3.05) is 0 Å². The number of halogens is 4. The number of phenolic OH excluding ortho intramolecular Hbond substituents is 1. The van der Waals surface area contributed by atoms with Crippen LogP contribution in [0, 0.1) is 0 Å². The van der Waals surface area contributed by atoms with Gasteiger partial charge in [0.1, 0.15) is 16.4 Å². The topological polar surface area (TPSA) is 114 Å². The molecule has 4 rings (SSSR count). The summed E-state index contributed by atoms with van der Waals surface area (Å²) >= 11 is 5.81. The lowest BCUT2D eigenvalue weighted by Gasteiger charge is -2.12. The number of phenols is 1. The van der Waals surface area contributed by atoms with E-state index in [0.717, 1.165) is 24.3 Å². The first-order valence-electron chi connectivity index (χ1n) is 10.6. The second-order valence-electron chi connectivity index (χ2n) is 7.62. The molecule has 0 heterocycles. The summed E-state index contributed by atoms with van der Waals surface area (Å²) < 4.78 is 71.6. The molecular weight excluding hydrogens is 549 g/mol. The Morgan fingerprint density at radius 1 is 0.974 bits per heavy atom. The molecule has 196 valence electrons. The second-order valence-corrected chi connectivity index (χ2v) is 9.57. The summed E-state index contributed by atoms with van der Waals surface area (Å²) in [5.74, 6) is -1.36. The number of ether oxygens (including phenoxy) is 1. The van der Waals surface area contributed by atoms with Crippen LogP contribution in [0.5, 0.6) is 17.2 Å². The lowest BCUT2D eigenvalue weighted by molar-refractivity contribution is -0.274. The smallest absolute Gasteiger partial charge is 0.506 e. The maximum atomic E-state index is 12.8. The van der Waals surface area contributed by atoms with E-state index in [1.54, 1.807) is 24.3 Å². The van der Waals surface area contributed by atoms with Crippen molar-refractivity contribution < 1.29 is 40.4 Å². The van der Waals surface area contributed by atoms with Gasteiger partial charge >= 0.3 is 16.5 Å². The zero-order valence-corrected chi connectivity index (χ0v) is 20.5. The van der Waals surface area contributed by atoms with Crippen molar-refractivity contribution >= 4 is 44.6 Å². The standard InChI is InChI=1S/C25H16ClF3N2O6S/c26-21-13-15(5-11-22(21)32)24(33)31-30-14-16-6-12-23(20-4-2-1-3-19(16)20)37-38(34,35)18-9-7-17(8-10-18)36-25(27,28)29/h1-14,32H,(H,31,33)/b30-14+. The Balaban J connectivity index is 1.54. The van der Waals surface area contributed by atoms with Crippen LogP contribution in [0.2, 0.25) is 5.02 Å². The fraction of sp³-hybridized carbons (Fsp3) is 0.0400. The number of nitrogens with one attached hydrogen (secondary N) is 1. The molecule has 0 radical (unpaired) electrons. The van der Waals surface area contributed by atoms with Gasteiger partial charge in [-0.3, -0.25) is 4.79 Å². The van der Waals surface area contributed by atoms with Gasteiger partial charge in [-0.1, -0.05) is 35.9 Å². The number of alkyl halides is 3. The van der Waals surface area contributed by atoms with Crippen LogP contribution in [0.4, 0.5) is 13.2 Å². The number of hydrogen-bond acceptors (Lipinski definition) is 7. The van der Waals surface area contributed by atoms with Crippen LogP contribution in [0.3, 0.4) is 0 Å². The monoisotopic (exact) mass is 564 g/mol. The number of carbonyl (C=O) groups is 1. The molecule has 0 aromatic heterocycles. The van der Waals surface area contributed by atoms with Gasteiger partial charge in [-0.15, -0.1) is 13.2 Å². The molecule has 0 saturated heterocycles. The van der Waals surface area contributed by atoms with Gasteiger partial charge < -0.3 is 14.0 Å². The first-order chi connectivity index (χ1) is 17.9. The predicted octanol–water partition coefficient (Wildman–Crippen LogP) is 5.63. The van der Waals surface area contributed by atoms with E-state index in [9.17, 15) is 31.5 Å². The number of hydrogen-bond donors (Lipinski definition) is 2. The predicted molar refractivity (Wildman–Crippen MR) is 133 cm³/mol. The van der Waals surface area contributed by atoms with Crippen LogP contribution >= 0.6 is 11.6 Å². The van der Waals surface area contributed by atoms with Gasteiger partial charge in [0, 0.05) is 16.5 Å². The van der Waals surface area contributed by atoms with Crippen molar-refractivity contribution in [3.05, 3.63) is 95.0 Å². The SMILES string of the molecule is O=C(N/N=C/c1ccc(OS(=O)(=O)c2ccc(OC(F)(F)F)cc2)c2ccccc12)c1ccc(O)c(Cl)c1. The molecule has 0 fully saturated rings. The zero-order valence-electron chi connectivity index (χ0n) is 18.9. The molecule has 0 aliphatic heterocycles. The van der Waals surface area contributed by atoms with E-state index in [4.69, 9.17) is 15.8 Å². The summed E-state index contributed by atoms with van der Waals surface area (Å²) in [6.07, 6.45) is -3.57. The normalized spacial score (nSPS) is 12.0. The minimum absolute atomic E-state index is 0.00347. The van der Waals surface area contributed by atoms with Gasteiger partial charge in [0.15, 0.2) is 5.75 Å². The van der Waals surface area contributed by atoms with E-state index in [2.05, 4.69) is 15.3 Å². The molecule has 0 aliphatic carbocycles. The Morgan fingerprint density at radius 2 is 1.66 bits per heavy atom. The van der Waals surface area contributed by atoms with E-state index >= 15 is 0 Å². The Morgan fingerprint density at radius 3 is 2.32 bits per heavy atom. The van der Waals surface area contributed by atoms with E-state index in [1.807, 2.05) is 0 Å². The van der Waals surface area contributed by atoms with Crippen LogP contribution in [0.1, 0.15) is 15.9 Å². The lowest BCUT2D eigenvalue weighted by atomic mass is 10.0. The number of aromatic hydroxyl groups is 1. The summed E-state index contributed by atoms with van der Waals surface area (Å²) in [6.45, 7) is 0. The summed E-state index contributed by atoms with van der Waals surface area (Å²) in [5, 5.41) is 14.3. The van der Waals surface area contributed by atoms with Gasteiger partial charge in [0.2, 0.25) is 0 Å². The molecule has 1 amide bonds. The minimum atomic E-state index is -4.91. The van der Waals surface area contributed by atoms with Crippen LogP contribution in [0.15, 0.2) is 88.9 Å². The minimum Gasteiger partial charge on any atom is -0.506 e. The largest absolute Gasteiger partial charge is 0.573 e. The third-order valence-corrected chi connectivity index (χ3v) is 6.59. The molecule has 0 bridgehead atoms. The number of hydrazone groups is 1. The average molecular weight is 565 g/mol. The van der Waals surface area contributed by atoms with Gasteiger partial charge in [0.25, 0.3) is 5.91 Å². The number of amides is 1. The summed E-state index contributed by atoms with van der Waals surface area (Å²) in [5.41, 5.74) is 3.02. The van der Waals surface area contributed by atoms with Gasteiger partial charge in [-0.25, -0.2) is 5.43 Å². The van der Waals surface area contributed by atoms with Crippen molar-refractivity contribution in [3.63, 3.8) is 0 Å². The molecule has 0 saturated carbocycles. The lowest BCUT2D eigenvalue weighted by Crippen LogP contribution is -2.17. The van der Waals surface area contributed by atoms with E-state index < -0.39 is 28.1 Å². The zero-order chi connectivity index (χ0) is 27.5. The number of benzene rings is 4. The number of carbonyl (C=O) groups excluding carboxylic acids is 1. The van der Waals surface area contributed by atoms with Gasteiger partial charge in [-0.2, -0.15) is 13.5 Å². The molecule has 0 aliphatic rings. The first-order valence-corrected chi connectivity index (χ1v) is 12.4. The molecule has 0 atom stereocenters. The Kier molecular flexibility index (Phi) is 7.46. The number of nitrogens with zero attached hydrogens (tertiary/aromatic N) is 1. The maximum absolute atomic E-state index is 12.8. The molecule has 4 aromatic carbocycles.